The molecular weight excluding hydrogens is 293 g/mol. The molecule has 0 bridgehead atoms. The number of hydrogen-bond donors (Lipinski definition) is 3. The van der Waals surface area contributed by atoms with Crippen molar-refractivity contribution in [1.82, 2.24) is 0 Å². The second-order valence-electron chi connectivity index (χ2n) is 5.46. The van der Waals surface area contributed by atoms with Crippen molar-refractivity contribution in [3.8, 4) is 0 Å². The molecule has 0 aliphatic heterocycles. The van der Waals surface area contributed by atoms with E-state index in [1.807, 2.05) is 0 Å². The summed E-state index contributed by atoms with van der Waals surface area (Å²) in [6.07, 6.45) is 5.08. The second-order valence-corrected chi connectivity index (χ2v) is 7.23. The third-order valence-electron chi connectivity index (χ3n) is 3.73. The van der Waals surface area contributed by atoms with Crippen LogP contribution in [0, 0.1) is 17.1 Å². The zero-order valence-electron chi connectivity index (χ0n) is 11.7. The molecule has 0 saturated heterocycles. The highest BCUT2D eigenvalue weighted by atomic mass is 32.2. The molecule has 1 aliphatic carbocycles. The Bertz CT molecular complexity index is 625. The molecule has 116 valence electrons. The molecule has 1 saturated carbocycles. The molecule has 0 aromatic heterocycles. The van der Waals surface area contributed by atoms with Crippen LogP contribution in [0.4, 0.5) is 10.1 Å². The van der Waals surface area contributed by atoms with Gasteiger partial charge in [0.1, 0.15) is 11.7 Å². The van der Waals surface area contributed by atoms with Gasteiger partial charge in [-0.15, -0.1) is 0 Å². The summed E-state index contributed by atoms with van der Waals surface area (Å²) in [5.74, 6) is -1.03. The van der Waals surface area contributed by atoms with Gasteiger partial charge in [0.2, 0.25) is 10.0 Å². The molecular formula is C14H20FN3O2S. The molecule has 1 aromatic rings. The Labute approximate surface area is 124 Å². The van der Waals surface area contributed by atoms with Gasteiger partial charge in [0.25, 0.3) is 0 Å². The predicted octanol–water partition coefficient (Wildman–Crippen LogP) is 2.43. The van der Waals surface area contributed by atoms with Crippen molar-refractivity contribution in [2.75, 3.05) is 10.5 Å². The first-order valence-electron chi connectivity index (χ1n) is 7.02. The average molecular weight is 313 g/mol. The number of rotatable bonds is 5. The molecule has 0 heterocycles. The van der Waals surface area contributed by atoms with Gasteiger partial charge in [-0.3, -0.25) is 10.1 Å². The first-order valence-corrected chi connectivity index (χ1v) is 8.67. The molecule has 0 unspecified atom stereocenters. The van der Waals surface area contributed by atoms with Gasteiger partial charge >= 0.3 is 0 Å². The minimum absolute atomic E-state index is 0.0262. The highest BCUT2D eigenvalue weighted by Gasteiger charge is 2.23. The SMILES string of the molecule is N=C(N)c1c(F)cccc1NS(=O)(=O)CC1CCCCC1. The molecule has 0 atom stereocenters. The molecule has 2 rings (SSSR count). The minimum atomic E-state index is -3.58. The monoisotopic (exact) mass is 313 g/mol. The zero-order chi connectivity index (χ0) is 15.5. The van der Waals surface area contributed by atoms with E-state index < -0.39 is 21.7 Å². The topological polar surface area (TPSA) is 96.0 Å². The number of sulfonamides is 1. The third-order valence-corrected chi connectivity index (χ3v) is 5.17. The summed E-state index contributed by atoms with van der Waals surface area (Å²) in [5, 5.41) is 7.38. The van der Waals surface area contributed by atoms with E-state index in [9.17, 15) is 12.8 Å². The fraction of sp³-hybridized carbons (Fsp3) is 0.500. The number of benzene rings is 1. The van der Waals surface area contributed by atoms with Gasteiger partial charge in [0, 0.05) is 0 Å². The van der Waals surface area contributed by atoms with E-state index in [1.54, 1.807) is 0 Å². The van der Waals surface area contributed by atoms with Crippen molar-refractivity contribution in [3.63, 3.8) is 0 Å². The van der Waals surface area contributed by atoms with Crippen LogP contribution in [-0.4, -0.2) is 20.0 Å². The van der Waals surface area contributed by atoms with Crippen LogP contribution in [0.15, 0.2) is 18.2 Å². The Morgan fingerprint density at radius 2 is 2.00 bits per heavy atom. The molecule has 7 heteroatoms. The van der Waals surface area contributed by atoms with E-state index in [4.69, 9.17) is 11.1 Å². The van der Waals surface area contributed by atoms with Crippen molar-refractivity contribution in [3.05, 3.63) is 29.6 Å². The number of anilines is 1. The number of amidine groups is 1. The number of nitrogens with one attached hydrogen (secondary N) is 2. The summed E-state index contributed by atoms with van der Waals surface area (Å²) in [5.41, 5.74) is 5.15. The summed E-state index contributed by atoms with van der Waals surface area (Å²) in [7, 11) is -3.58. The lowest BCUT2D eigenvalue weighted by atomic mass is 9.91. The summed E-state index contributed by atoms with van der Waals surface area (Å²) < 4.78 is 40.5. The van der Waals surface area contributed by atoms with E-state index in [1.165, 1.54) is 12.1 Å². The van der Waals surface area contributed by atoms with Crippen molar-refractivity contribution < 1.29 is 12.8 Å². The lowest BCUT2D eigenvalue weighted by Gasteiger charge is -2.22. The largest absolute Gasteiger partial charge is 0.384 e. The smallest absolute Gasteiger partial charge is 0.233 e. The number of hydrogen-bond acceptors (Lipinski definition) is 3. The van der Waals surface area contributed by atoms with Gasteiger partial charge < -0.3 is 5.73 Å². The van der Waals surface area contributed by atoms with E-state index in [0.29, 0.717) is 0 Å². The third kappa shape index (κ3) is 4.17. The first kappa shape index (κ1) is 15.8. The maximum Gasteiger partial charge on any atom is 0.233 e. The van der Waals surface area contributed by atoms with Crippen LogP contribution in [0.25, 0.3) is 0 Å². The Morgan fingerprint density at radius 1 is 1.33 bits per heavy atom. The summed E-state index contributed by atoms with van der Waals surface area (Å²) in [4.78, 5) is 0. The molecule has 4 N–H and O–H groups in total. The molecule has 1 aromatic carbocycles. The Balaban J connectivity index is 2.16. The predicted molar refractivity (Wildman–Crippen MR) is 81.4 cm³/mol. The van der Waals surface area contributed by atoms with Gasteiger partial charge in [0.05, 0.1) is 17.0 Å². The van der Waals surface area contributed by atoms with Crippen LogP contribution in [0.2, 0.25) is 0 Å². The molecule has 5 nitrogen and oxygen atoms in total. The lowest BCUT2D eigenvalue weighted by Crippen LogP contribution is -2.26. The van der Waals surface area contributed by atoms with Crippen molar-refractivity contribution in [2.24, 2.45) is 11.7 Å². The van der Waals surface area contributed by atoms with Gasteiger partial charge in [-0.1, -0.05) is 25.3 Å². The van der Waals surface area contributed by atoms with Gasteiger partial charge in [-0.2, -0.15) is 0 Å². The summed E-state index contributed by atoms with van der Waals surface area (Å²) >= 11 is 0. The second kappa shape index (κ2) is 6.43. The van der Waals surface area contributed by atoms with Crippen LogP contribution in [0.5, 0.6) is 0 Å². The number of nitrogens with two attached hydrogens (primary N) is 1. The number of halogens is 1. The Kier molecular flexibility index (Phi) is 4.82. The van der Waals surface area contributed by atoms with Gasteiger partial charge in [-0.25, -0.2) is 12.8 Å². The highest BCUT2D eigenvalue weighted by molar-refractivity contribution is 7.92. The molecule has 1 fully saturated rings. The molecule has 1 aliphatic rings. The standard InChI is InChI=1S/C14H20FN3O2S/c15-11-7-4-8-12(13(11)14(16)17)18-21(19,20)9-10-5-2-1-3-6-10/h4,7-8,10,18H,1-3,5-6,9H2,(H3,16,17). The maximum atomic E-state index is 13.7. The quantitative estimate of drug-likeness (QED) is 0.575. The van der Waals surface area contributed by atoms with E-state index in [-0.39, 0.29) is 22.9 Å². The van der Waals surface area contributed by atoms with Crippen molar-refractivity contribution >= 4 is 21.5 Å². The van der Waals surface area contributed by atoms with Crippen LogP contribution >= 0.6 is 0 Å². The van der Waals surface area contributed by atoms with Gasteiger partial charge in [0.15, 0.2) is 0 Å². The van der Waals surface area contributed by atoms with Crippen LogP contribution in [-0.2, 0) is 10.0 Å². The van der Waals surface area contributed by atoms with E-state index in [0.717, 1.165) is 38.2 Å². The van der Waals surface area contributed by atoms with Crippen molar-refractivity contribution in [2.45, 2.75) is 32.1 Å². The van der Waals surface area contributed by atoms with Gasteiger partial charge in [-0.05, 0) is 30.9 Å². The Morgan fingerprint density at radius 3 is 2.62 bits per heavy atom. The molecule has 21 heavy (non-hydrogen) atoms. The lowest BCUT2D eigenvalue weighted by molar-refractivity contribution is 0.385. The zero-order valence-corrected chi connectivity index (χ0v) is 12.5. The van der Waals surface area contributed by atoms with Crippen LogP contribution in [0.3, 0.4) is 0 Å². The minimum Gasteiger partial charge on any atom is -0.384 e. The van der Waals surface area contributed by atoms with Crippen LogP contribution in [0.1, 0.15) is 37.7 Å². The summed E-state index contributed by atoms with van der Waals surface area (Å²) in [6, 6.07) is 3.95. The normalized spacial score (nSPS) is 16.6. The highest BCUT2D eigenvalue weighted by Crippen LogP contribution is 2.26. The first-order chi connectivity index (χ1) is 9.89. The molecule has 0 radical (unpaired) electrons. The summed E-state index contributed by atoms with van der Waals surface area (Å²) in [6.45, 7) is 0. The van der Waals surface area contributed by atoms with Crippen molar-refractivity contribution in [1.29, 1.82) is 5.41 Å². The average Bonchev–Trinajstić information content (AvgIpc) is 2.38. The fourth-order valence-electron chi connectivity index (χ4n) is 2.76. The van der Waals surface area contributed by atoms with E-state index >= 15 is 0 Å². The fourth-order valence-corrected chi connectivity index (χ4v) is 4.30. The number of nitrogen functional groups attached to an aromatic ring is 1. The maximum absolute atomic E-state index is 13.7. The molecule has 0 amide bonds. The Hall–Kier alpha value is -1.63. The van der Waals surface area contributed by atoms with E-state index in [2.05, 4.69) is 4.72 Å². The molecule has 0 spiro atoms. The van der Waals surface area contributed by atoms with Crippen LogP contribution < -0.4 is 10.5 Å².